The van der Waals surface area contributed by atoms with Crippen LogP contribution in [0.15, 0.2) is 18.4 Å². The van der Waals surface area contributed by atoms with Gasteiger partial charge in [0, 0.05) is 6.08 Å². The molecule has 0 rings (SSSR count). The molecule has 0 aliphatic rings. The van der Waals surface area contributed by atoms with E-state index in [4.69, 9.17) is 5.41 Å². The van der Waals surface area contributed by atoms with E-state index >= 15 is 0 Å². The average Bonchev–Trinajstić information content (AvgIpc) is 1.69. The first-order chi connectivity index (χ1) is 3.41. The lowest BCUT2D eigenvalue weighted by Crippen LogP contribution is -1.42. The third kappa shape index (κ3) is 4.68. The average molecular weight is 92.1 g/mol. The van der Waals surface area contributed by atoms with Crippen molar-refractivity contribution < 1.29 is 0 Å². The topological polar surface area (TPSA) is 26.7 Å². The second kappa shape index (κ2) is 4.68. The van der Waals surface area contributed by atoms with Crippen molar-refractivity contribution in [2.45, 2.75) is 0 Å². The summed E-state index contributed by atoms with van der Waals surface area (Å²) in [4.78, 5) is 3.11. The Balaban J connectivity index is 3.54. The highest BCUT2D eigenvalue weighted by atomic mass is 14.6. The van der Waals surface area contributed by atoms with Crippen molar-refractivity contribution in [2.75, 3.05) is 0 Å². The van der Waals surface area contributed by atoms with Crippen molar-refractivity contribution in [3.8, 4) is 6.57 Å². The molecule has 34 valence electrons. The normalized spacial score (nSPS) is 7.29. The van der Waals surface area contributed by atoms with E-state index in [1.807, 2.05) is 0 Å². The fourth-order valence-corrected chi connectivity index (χ4v) is 0.136. The number of allylic oxidation sites excluding steroid dienone is 2. The van der Waals surface area contributed by atoms with Gasteiger partial charge in [0.05, 0.1) is 0 Å². The standard InChI is InChI=1S/C5H4N2/c1-7-5-3-2-4-6/h1-3,5H/b5-3+. The van der Waals surface area contributed by atoms with Crippen molar-refractivity contribution >= 4 is 5.87 Å². The molecular formula is C5H4N2. The quantitative estimate of drug-likeness (QED) is 0.344. The SMILES string of the molecule is C#[N+]/C=C/C=C=[N-]. The molecule has 0 unspecified atom stereocenters. The van der Waals surface area contributed by atoms with E-state index in [9.17, 15) is 0 Å². The summed E-state index contributed by atoms with van der Waals surface area (Å²) >= 11 is 0. The van der Waals surface area contributed by atoms with Crippen molar-refractivity contribution in [3.05, 3.63) is 28.6 Å². The molecule has 0 aliphatic carbocycles. The van der Waals surface area contributed by atoms with Crippen LogP contribution in [0, 0.1) is 6.57 Å². The largest absolute Gasteiger partial charge is 0.763 e. The Morgan fingerprint density at radius 2 is 2.43 bits per heavy atom. The lowest BCUT2D eigenvalue weighted by molar-refractivity contribution is 2.00. The van der Waals surface area contributed by atoms with Gasteiger partial charge in [0.25, 0.3) is 6.57 Å². The molecule has 0 radical (unpaired) electrons. The number of nitrogens with zero attached hydrogens (tertiary/aromatic N) is 2. The summed E-state index contributed by atoms with van der Waals surface area (Å²) in [5.74, 6) is 1.78. The Hall–Kier alpha value is -1.32. The molecule has 0 saturated heterocycles. The molecule has 2 nitrogen and oxygen atoms in total. The minimum atomic E-state index is 1.29. The Bertz CT molecular complexity index is 144. The Morgan fingerprint density at radius 1 is 1.71 bits per heavy atom. The summed E-state index contributed by atoms with van der Waals surface area (Å²) in [6, 6.07) is 0. The molecule has 0 aromatic rings. The zero-order chi connectivity index (χ0) is 5.54. The van der Waals surface area contributed by atoms with E-state index in [1.54, 1.807) is 5.87 Å². The summed E-state index contributed by atoms with van der Waals surface area (Å²) in [6.07, 6.45) is 4.08. The molecule has 7 heavy (non-hydrogen) atoms. The van der Waals surface area contributed by atoms with Crippen molar-refractivity contribution in [2.24, 2.45) is 0 Å². The molecular weight excluding hydrogens is 88.1 g/mol. The van der Waals surface area contributed by atoms with Crippen molar-refractivity contribution in [3.63, 3.8) is 0 Å². The van der Waals surface area contributed by atoms with Gasteiger partial charge < -0.3 is 5.41 Å². The Morgan fingerprint density at radius 3 is 2.86 bits per heavy atom. The molecule has 0 bridgehead atoms. The molecule has 0 saturated carbocycles. The summed E-state index contributed by atoms with van der Waals surface area (Å²) in [7, 11) is 0. The number of hydrogen-bond acceptors (Lipinski definition) is 0. The van der Waals surface area contributed by atoms with Crippen LogP contribution in [-0.2, 0) is 0 Å². The van der Waals surface area contributed by atoms with E-state index in [1.165, 1.54) is 18.4 Å². The van der Waals surface area contributed by atoms with Crippen LogP contribution >= 0.6 is 0 Å². The van der Waals surface area contributed by atoms with Crippen molar-refractivity contribution in [1.82, 2.24) is 0 Å². The number of rotatable bonds is 1. The van der Waals surface area contributed by atoms with E-state index in [0.717, 1.165) is 0 Å². The second-order valence-corrected chi connectivity index (χ2v) is 0.786. The summed E-state index contributed by atoms with van der Waals surface area (Å²) in [6.45, 7) is 4.68. The van der Waals surface area contributed by atoms with Gasteiger partial charge in [-0.2, -0.15) is 0 Å². The van der Waals surface area contributed by atoms with Crippen LogP contribution in [0.25, 0.3) is 10.3 Å². The summed E-state index contributed by atoms with van der Waals surface area (Å²) in [5, 5.41) is 7.85. The Kier molecular flexibility index (Phi) is 3.80. The molecule has 0 aromatic heterocycles. The molecule has 0 heterocycles. The molecule has 0 spiro atoms. The predicted molar refractivity (Wildman–Crippen MR) is 30.4 cm³/mol. The third-order valence-corrected chi connectivity index (χ3v) is 0.343. The minimum Gasteiger partial charge on any atom is -0.763 e. The fraction of sp³-hybridized carbons (Fsp3) is 0. The van der Waals surface area contributed by atoms with Crippen LogP contribution in [0.4, 0.5) is 0 Å². The van der Waals surface area contributed by atoms with Gasteiger partial charge >= 0.3 is 6.20 Å². The van der Waals surface area contributed by atoms with E-state index in [2.05, 4.69) is 11.4 Å². The molecule has 0 aromatic carbocycles. The highest BCUT2D eigenvalue weighted by Crippen LogP contribution is 1.69. The van der Waals surface area contributed by atoms with Crippen molar-refractivity contribution in [1.29, 1.82) is 0 Å². The van der Waals surface area contributed by atoms with Gasteiger partial charge in [0.15, 0.2) is 0 Å². The van der Waals surface area contributed by atoms with Gasteiger partial charge in [-0.1, -0.05) is 0 Å². The molecule has 0 N–H and O–H groups in total. The zero-order valence-corrected chi connectivity index (χ0v) is 3.70. The maximum absolute atomic E-state index is 7.85. The van der Waals surface area contributed by atoms with Gasteiger partial charge in [-0.25, -0.2) is 0 Å². The zero-order valence-electron chi connectivity index (χ0n) is 3.70. The first-order valence-electron chi connectivity index (χ1n) is 1.70. The maximum atomic E-state index is 7.85. The second-order valence-electron chi connectivity index (χ2n) is 0.786. The summed E-state index contributed by atoms with van der Waals surface area (Å²) < 4.78 is 0. The minimum absolute atomic E-state index is 1.29. The van der Waals surface area contributed by atoms with E-state index in [-0.39, 0.29) is 0 Å². The van der Waals surface area contributed by atoms with Crippen LogP contribution in [0.3, 0.4) is 0 Å². The lowest BCUT2D eigenvalue weighted by Gasteiger charge is -1.59. The van der Waals surface area contributed by atoms with E-state index in [0.29, 0.717) is 0 Å². The van der Waals surface area contributed by atoms with E-state index < -0.39 is 0 Å². The third-order valence-electron chi connectivity index (χ3n) is 0.343. The molecule has 0 aliphatic heterocycles. The van der Waals surface area contributed by atoms with Crippen LogP contribution in [0.1, 0.15) is 0 Å². The molecule has 0 fully saturated rings. The lowest BCUT2D eigenvalue weighted by atomic mass is 10.6. The van der Waals surface area contributed by atoms with Crippen LogP contribution in [-0.4, -0.2) is 5.87 Å². The van der Waals surface area contributed by atoms with Gasteiger partial charge in [0.2, 0.25) is 0 Å². The van der Waals surface area contributed by atoms with Gasteiger partial charge in [0.1, 0.15) is 0 Å². The molecule has 2 heteroatoms. The molecule has 0 atom stereocenters. The van der Waals surface area contributed by atoms with Gasteiger partial charge in [-0.3, -0.25) is 5.87 Å². The van der Waals surface area contributed by atoms with Crippen LogP contribution in [0.2, 0.25) is 0 Å². The predicted octanol–water partition coefficient (Wildman–Crippen LogP) is 1.26. The number of hydrogen-bond donors (Lipinski definition) is 0. The highest BCUT2D eigenvalue weighted by Gasteiger charge is 1.61. The smallest absolute Gasteiger partial charge is 0.305 e. The maximum Gasteiger partial charge on any atom is 0.305 e. The van der Waals surface area contributed by atoms with Crippen LogP contribution in [0.5, 0.6) is 0 Å². The summed E-state index contributed by atoms with van der Waals surface area (Å²) in [5.41, 5.74) is 0. The van der Waals surface area contributed by atoms with Gasteiger partial charge in [-0.05, 0) is 10.9 Å². The van der Waals surface area contributed by atoms with Crippen LogP contribution < -0.4 is 0 Å². The first kappa shape index (κ1) is 5.68. The Labute approximate surface area is 42.1 Å². The first-order valence-corrected chi connectivity index (χ1v) is 1.70. The van der Waals surface area contributed by atoms with Gasteiger partial charge in [-0.15, -0.1) is 0 Å². The molecule has 0 amide bonds. The fourth-order valence-electron chi connectivity index (χ4n) is 0.136. The highest BCUT2D eigenvalue weighted by molar-refractivity contribution is 5.57. The monoisotopic (exact) mass is 92.0 g/mol.